The zero-order valence-corrected chi connectivity index (χ0v) is 11.2. The monoisotopic (exact) mass is 261 g/mol. The molecule has 1 atom stereocenters. The van der Waals surface area contributed by atoms with Gasteiger partial charge >= 0.3 is 5.97 Å². The van der Waals surface area contributed by atoms with Crippen LogP contribution in [0.2, 0.25) is 0 Å². The summed E-state index contributed by atoms with van der Waals surface area (Å²) in [7, 11) is 0. The number of carbonyl (C=O) groups is 1. The quantitative estimate of drug-likeness (QED) is 0.913. The molecule has 4 heteroatoms. The number of nitrogens with zero attached hydrogens (tertiary/aromatic N) is 1. The van der Waals surface area contributed by atoms with Crippen molar-refractivity contribution in [1.29, 1.82) is 0 Å². The summed E-state index contributed by atoms with van der Waals surface area (Å²) >= 11 is 1.59. The summed E-state index contributed by atoms with van der Waals surface area (Å²) < 4.78 is 0. The number of hydrogen-bond acceptors (Lipinski definition) is 3. The van der Waals surface area contributed by atoms with E-state index in [1.807, 2.05) is 44.2 Å². The molecule has 3 nitrogen and oxygen atoms in total. The third-order valence-corrected chi connectivity index (χ3v) is 4.22. The number of hydrogen-bond donors (Lipinski definition) is 1. The fraction of sp³-hybridized carbons (Fsp3) is 0.286. The molecule has 0 aliphatic rings. The average Bonchev–Trinajstić information content (AvgIpc) is 2.72. The van der Waals surface area contributed by atoms with Crippen LogP contribution in [0.1, 0.15) is 29.8 Å². The Balaban J connectivity index is 2.30. The molecule has 94 valence electrons. The highest BCUT2D eigenvalue weighted by molar-refractivity contribution is 7.15. The van der Waals surface area contributed by atoms with Gasteiger partial charge in [-0.3, -0.25) is 4.79 Å². The molecule has 0 aliphatic heterocycles. The van der Waals surface area contributed by atoms with E-state index in [4.69, 9.17) is 5.11 Å². The van der Waals surface area contributed by atoms with E-state index in [-0.39, 0.29) is 12.3 Å². The first-order valence-electron chi connectivity index (χ1n) is 5.82. The summed E-state index contributed by atoms with van der Waals surface area (Å²) in [6.45, 7) is 3.88. The number of thiazole rings is 1. The van der Waals surface area contributed by atoms with Gasteiger partial charge in [0, 0.05) is 16.4 Å². The van der Waals surface area contributed by atoms with Crippen LogP contribution in [0.5, 0.6) is 0 Å². The number of carboxylic acids is 1. The highest BCUT2D eigenvalue weighted by atomic mass is 32.1. The second-order valence-corrected chi connectivity index (χ2v) is 5.36. The van der Waals surface area contributed by atoms with Gasteiger partial charge in [-0.2, -0.15) is 0 Å². The van der Waals surface area contributed by atoms with Gasteiger partial charge in [0.2, 0.25) is 0 Å². The summed E-state index contributed by atoms with van der Waals surface area (Å²) in [5.74, 6) is -0.756. The number of rotatable bonds is 4. The maximum absolute atomic E-state index is 10.8. The maximum atomic E-state index is 10.8. The molecule has 1 heterocycles. The van der Waals surface area contributed by atoms with Crippen LogP contribution < -0.4 is 0 Å². The van der Waals surface area contributed by atoms with Crippen LogP contribution in [-0.4, -0.2) is 16.1 Å². The first-order chi connectivity index (χ1) is 8.58. The molecular formula is C14H15NO2S. The van der Waals surface area contributed by atoms with Gasteiger partial charge in [0.25, 0.3) is 0 Å². The number of aliphatic carboxylic acids is 1. The summed E-state index contributed by atoms with van der Waals surface area (Å²) in [6, 6.07) is 9.96. The summed E-state index contributed by atoms with van der Waals surface area (Å²) in [4.78, 5) is 16.4. The molecule has 0 fully saturated rings. The maximum Gasteiger partial charge on any atom is 0.303 e. The van der Waals surface area contributed by atoms with Crippen LogP contribution in [0.25, 0.3) is 10.6 Å². The molecule has 1 N–H and O–H groups in total. The summed E-state index contributed by atoms with van der Waals surface area (Å²) in [5.41, 5.74) is 2.02. The minimum atomic E-state index is -0.767. The van der Waals surface area contributed by atoms with Crippen molar-refractivity contribution in [3.8, 4) is 10.6 Å². The van der Waals surface area contributed by atoms with Crippen molar-refractivity contribution in [3.05, 3.63) is 40.9 Å². The third-order valence-electron chi connectivity index (χ3n) is 2.78. The van der Waals surface area contributed by atoms with Crippen molar-refractivity contribution in [2.24, 2.45) is 0 Å². The highest BCUT2D eigenvalue weighted by Crippen LogP contribution is 2.33. The molecule has 2 aromatic rings. The van der Waals surface area contributed by atoms with Crippen molar-refractivity contribution in [2.45, 2.75) is 26.2 Å². The molecule has 0 radical (unpaired) electrons. The van der Waals surface area contributed by atoms with Gasteiger partial charge in [-0.25, -0.2) is 4.98 Å². The Kier molecular flexibility index (Phi) is 3.77. The van der Waals surface area contributed by atoms with Crippen molar-refractivity contribution in [2.75, 3.05) is 0 Å². The predicted octanol–water partition coefficient (Wildman–Crippen LogP) is 3.70. The molecular weight excluding hydrogens is 246 g/mol. The largest absolute Gasteiger partial charge is 0.481 e. The van der Waals surface area contributed by atoms with Crippen molar-refractivity contribution < 1.29 is 9.90 Å². The van der Waals surface area contributed by atoms with Crippen LogP contribution in [-0.2, 0) is 4.79 Å². The van der Waals surface area contributed by atoms with Gasteiger partial charge in [0.05, 0.1) is 12.1 Å². The normalized spacial score (nSPS) is 12.3. The number of aromatic nitrogens is 1. The van der Waals surface area contributed by atoms with Crippen molar-refractivity contribution >= 4 is 17.3 Å². The molecule has 2 rings (SSSR count). The van der Waals surface area contributed by atoms with E-state index in [2.05, 4.69) is 4.98 Å². The van der Waals surface area contributed by atoms with E-state index in [0.29, 0.717) is 0 Å². The van der Waals surface area contributed by atoms with Gasteiger partial charge in [0.1, 0.15) is 5.01 Å². The van der Waals surface area contributed by atoms with E-state index < -0.39 is 5.97 Å². The first-order valence-corrected chi connectivity index (χ1v) is 6.64. The minimum absolute atomic E-state index is 0.0115. The average molecular weight is 261 g/mol. The second kappa shape index (κ2) is 5.31. The predicted molar refractivity (Wildman–Crippen MR) is 73.0 cm³/mol. The van der Waals surface area contributed by atoms with Crippen LogP contribution in [0.15, 0.2) is 30.3 Å². The lowest BCUT2D eigenvalue weighted by Gasteiger charge is -2.05. The Morgan fingerprint density at radius 3 is 2.67 bits per heavy atom. The van der Waals surface area contributed by atoms with E-state index in [0.717, 1.165) is 21.1 Å². The molecule has 18 heavy (non-hydrogen) atoms. The van der Waals surface area contributed by atoms with E-state index in [1.54, 1.807) is 11.3 Å². The molecule has 0 saturated heterocycles. The van der Waals surface area contributed by atoms with Gasteiger partial charge in [-0.1, -0.05) is 37.3 Å². The van der Waals surface area contributed by atoms with Crippen LogP contribution in [0.4, 0.5) is 0 Å². The van der Waals surface area contributed by atoms with Crippen molar-refractivity contribution in [1.82, 2.24) is 4.98 Å². The zero-order valence-electron chi connectivity index (χ0n) is 10.4. The van der Waals surface area contributed by atoms with Crippen molar-refractivity contribution in [3.63, 3.8) is 0 Å². The first kappa shape index (κ1) is 12.8. The van der Waals surface area contributed by atoms with Gasteiger partial charge in [-0.05, 0) is 6.92 Å². The topological polar surface area (TPSA) is 50.2 Å². The van der Waals surface area contributed by atoms with Crippen LogP contribution in [0, 0.1) is 6.92 Å². The molecule has 1 aromatic carbocycles. The Labute approximate surface area is 110 Å². The molecule has 1 unspecified atom stereocenters. The molecule has 0 saturated carbocycles. The Bertz CT molecular complexity index is 548. The van der Waals surface area contributed by atoms with Gasteiger partial charge < -0.3 is 5.11 Å². The minimum Gasteiger partial charge on any atom is -0.481 e. The van der Waals surface area contributed by atoms with E-state index >= 15 is 0 Å². The standard InChI is InChI=1S/C14H15NO2S/c1-9(8-12(16)17)13-10(2)15-14(18-13)11-6-4-3-5-7-11/h3-7,9H,8H2,1-2H3,(H,16,17). The van der Waals surface area contributed by atoms with Crippen LogP contribution in [0.3, 0.4) is 0 Å². The highest BCUT2D eigenvalue weighted by Gasteiger charge is 2.17. The van der Waals surface area contributed by atoms with Gasteiger partial charge in [0.15, 0.2) is 0 Å². The lowest BCUT2D eigenvalue weighted by Crippen LogP contribution is -2.02. The SMILES string of the molecule is Cc1nc(-c2ccccc2)sc1C(C)CC(=O)O. The second-order valence-electron chi connectivity index (χ2n) is 4.33. The number of carboxylic acid groups (broad SMARTS) is 1. The van der Waals surface area contributed by atoms with E-state index in [9.17, 15) is 4.79 Å². The summed E-state index contributed by atoms with van der Waals surface area (Å²) in [6.07, 6.45) is 0.150. The van der Waals surface area contributed by atoms with Crippen LogP contribution >= 0.6 is 11.3 Å². The number of aryl methyl sites for hydroxylation is 1. The Hall–Kier alpha value is -1.68. The van der Waals surface area contributed by atoms with E-state index in [1.165, 1.54) is 0 Å². The fourth-order valence-corrected chi connectivity index (χ4v) is 3.05. The smallest absolute Gasteiger partial charge is 0.303 e. The molecule has 1 aromatic heterocycles. The molecule has 0 spiro atoms. The Morgan fingerprint density at radius 2 is 2.06 bits per heavy atom. The lowest BCUT2D eigenvalue weighted by molar-refractivity contribution is -0.137. The number of benzene rings is 1. The lowest BCUT2D eigenvalue weighted by atomic mass is 10.1. The molecule has 0 aliphatic carbocycles. The van der Waals surface area contributed by atoms with Gasteiger partial charge in [-0.15, -0.1) is 11.3 Å². The molecule has 0 amide bonds. The summed E-state index contributed by atoms with van der Waals surface area (Å²) in [5, 5.41) is 9.80. The third kappa shape index (κ3) is 2.76. The zero-order chi connectivity index (χ0) is 13.1. The Morgan fingerprint density at radius 1 is 1.39 bits per heavy atom. The molecule has 0 bridgehead atoms. The fourth-order valence-electron chi connectivity index (χ4n) is 1.92.